The van der Waals surface area contributed by atoms with Crippen LogP contribution in [-0.2, 0) is 6.54 Å². The highest BCUT2D eigenvalue weighted by Crippen LogP contribution is 2.10. The average molecular weight is 242 g/mol. The molecule has 0 aliphatic carbocycles. The third-order valence-corrected chi connectivity index (χ3v) is 2.53. The zero-order chi connectivity index (χ0) is 12.6. The normalized spacial score (nSPS) is 10.1. The summed E-state index contributed by atoms with van der Waals surface area (Å²) in [6.07, 6.45) is 4.68. The Bertz CT molecular complexity index is 470. The van der Waals surface area contributed by atoms with Crippen LogP contribution in [0.3, 0.4) is 0 Å². The summed E-state index contributed by atoms with van der Waals surface area (Å²) < 4.78 is 0. The van der Waals surface area contributed by atoms with Gasteiger partial charge in [-0.3, -0.25) is 4.98 Å². The molecule has 0 bridgehead atoms. The fourth-order valence-corrected chi connectivity index (χ4v) is 1.58. The number of nitrogens with zero attached hydrogens (tertiary/aromatic N) is 2. The molecule has 2 rings (SSSR count). The summed E-state index contributed by atoms with van der Waals surface area (Å²) in [5.41, 5.74) is 1.19. The summed E-state index contributed by atoms with van der Waals surface area (Å²) in [7, 11) is 0. The molecule has 0 spiro atoms. The monoisotopic (exact) mass is 242 g/mol. The van der Waals surface area contributed by atoms with Gasteiger partial charge in [0.1, 0.15) is 11.6 Å². The standard InChI is InChI=1S/C14H18N4/c1-2-8-16-13-4-3-5-14(18-13)17-11-12-6-9-15-10-7-12/h3-7,9-10H,2,8,11H2,1H3,(H2,16,17,18). The Labute approximate surface area is 107 Å². The lowest BCUT2D eigenvalue weighted by atomic mass is 10.3. The molecular formula is C14H18N4. The Hall–Kier alpha value is -2.10. The van der Waals surface area contributed by atoms with E-state index in [-0.39, 0.29) is 0 Å². The maximum atomic E-state index is 4.49. The van der Waals surface area contributed by atoms with Crippen molar-refractivity contribution in [3.8, 4) is 0 Å². The van der Waals surface area contributed by atoms with Gasteiger partial charge in [-0.25, -0.2) is 4.98 Å². The van der Waals surface area contributed by atoms with Crippen molar-refractivity contribution in [2.75, 3.05) is 17.2 Å². The molecule has 0 aromatic carbocycles. The first-order valence-corrected chi connectivity index (χ1v) is 6.22. The third-order valence-electron chi connectivity index (χ3n) is 2.53. The van der Waals surface area contributed by atoms with Crippen molar-refractivity contribution in [2.24, 2.45) is 0 Å². The molecule has 0 fully saturated rings. The van der Waals surface area contributed by atoms with Crippen molar-refractivity contribution in [2.45, 2.75) is 19.9 Å². The average Bonchev–Trinajstić information content (AvgIpc) is 2.44. The van der Waals surface area contributed by atoms with Gasteiger partial charge >= 0.3 is 0 Å². The van der Waals surface area contributed by atoms with Crippen LogP contribution in [0.1, 0.15) is 18.9 Å². The number of aromatic nitrogens is 2. The summed E-state index contributed by atoms with van der Waals surface area (Å²) >= 11 is 0. The molecule has 0 saturated heterocycles. The number of anilines is 2. The van der Waals surface area contributed by atoms with E-state index in [2.05, 4.69) is 27.5 Å². The summed E-state index contributed by atoms with van der Waals surface area (Å²) in [6, 6.07) is 9.93. The van der Waals surface area contributed by atoms with Crippen molar-refractivity contribution >= 4 is 11.6 Å². The minimum absolute atomic E-state index is 0.757. The summed E-state index contributed by atoms with van der Waals surface area (Å²) in [6.45, 7) is 3.84. The zero-order valence-corrected chi connectivity index (χ0v) is 10.6. The molecule has 0 amide bonds. The smallest absolute Gasteiger partial charge is 0.128 e. The van der Waals surface area contributed by atoms with Crippen LogP contribution >= 0.6 is 0 Å². The molecule has 0 unspecified atom stereocenters. The van der Waals surface area contributed by atoms with E-state index in [1.54, 1.807) is 12.4 Å². The molecule has 0 radical (unpaired) electrons. The maximum absolute atomic E-state index is 4.49. The van der Waals surface area contributed by atoms with Crippen molar-refractivity contribution in [1.29, 1.82) is 0 Å². The highest BCUT2D eigenvalue weighted by Gasteiger charge is 1.97. The van der Waals surface area contributed by atoms with Gasteiger partial charge in [0.15, 0.2) is 0 Å². The van der Waals surface area contributed by atoms with Crippen molar-refractivity contribution in [1.82, 2.24) is 9.97 Å². The minimum Gasteiger partial charge on any atom is -0.370 e. The third kappa shape index (κ3) is 3.73. The number of hydrogen-bond donors (Lipinski definition) is 2. The molecule has 2 aromatic rings. The van der Waals surface area contributed by atoms with E-state index < -0.39 is 0 Å². The van der Waals surface area contributed by atoms with E-state index in [1.165, 1.54) is 5.56 Å². The lowest BCUT2D eigenvalue weighted by Crippen LogP contribution is -2.05. The van der Waals surface area contributed by atoms with E-state index in [9.17, 15) is 0 Å². The number of pyridine rings is 2. The van der Waals surface area contributed by atoms with Crippen LogP contribution in [0.5, 0.6) is 0 Å². The first kappa shape index (κ1) is 12.4. The largest absolute Gasteiger partial charge is 0.370 e. The van der Waals surface area contributed by atoms with E-state index in [1.807, 2.05) is 30.3 Å². The zero-order valence-electron chi connectivity index (χ0n) is 10.6. The Morgan fingerprint density at radius 3 is 2.44 bits per heavy atom. The second-order valence-electron chi connectivity index (χ2n) is 4.04. The topological polar surface area (TPSA) is 49.8 Å². The molecule has 0 aliphatic rings. The molecule has 2 N–H and O–H groups in total. The Morgan fingerprint density at radius 1 is 1.00 bits per heavy atom. The van der Waals surface area contributed by atoms with Crippen LogP contribution < -0.4 is 10.6 Å². The van der Waals surface area contributed by atoms with Gasteiger partial charge in [0.2, 0.25) is 0 Å². The van der Waals surface area contributed by atoms with E-state index in [0.29, 0.717) is 0 Å². The lowest BCUT2D eigenvalue weighted by Gasteiger charge is -2.08. The molecule has 4 heteroatoms. The van der Waals surface area contributed by atoms with Gasteiger partial charge in [0, 0.05) is 25.5 Å². The maximum Gasteiger partial charge on any atom is 0.128 e. The first-order chi connectivity index (χ1) is 8.88. The van der Waals surface area contributed by atoms with Crippen molar-refractivity contribution < 1.29 is 0 Å². The number of hydrogen-bond acceptors (Lipinski definition) is 4. The van der Waals surface area contributed by atoms with Crippen LogP contribution in [0.15, 0.2) is 42.7 Å². The molecule has 94 valence electrons. The molecule has 0 atom stereocenters. The SMILES string of the molecule is CCCNc1cccc(NCc2ccncc2)n1. The molecule has 2 aromatic heterocycles. The number of nitrogens with one attached hydrogen (secondary N) is 2. The van der Waals surface area contributed by atoms with Crippen LogP contribution in [0.4, 0.5) is 11.6 Å². The fraction of sp³-hybridized carbons (Fsp3) is 0.286. The highest BCUT2D eigenvalue weighted by atomic mass is 15.1. The van der Waals surface area contributed by atoms with E-state index >= 15 is 0 Å². The molecule has 4 nitrogen and oxygen atoms in total. The van der Waals surface area contributed by atoms with Crippen LogP contribution in [0, 0.1) is 0 Å². The lowest BCUT2D eigenvalue weighted by molar-refractivity contribution is 0.968. The summed E-state index contributed by atoms with van der Waals surface area (Å²) in [4.78, 5) is 8.48. The number of rotatable bonds is 6. The minimum atomic E-state index is 0.757. The van der Waals surface area contributed by atoms with Gasteiger partial charge in [0.05, 0.1) is 0 Å². The van der Waals surface area contributed by atoms with Crippen LogP contribution in [0.25, 0.3) is 0 Å². The van der Waals surface area contributed by atoms with Gasteiger partial charge in [-0.15, -0.1) is 0 Å². The summed E-state index contributed by atoms with van der Waals surface area (Å²) in [5, 5.41) is 6.57. The Balaban J connectivity index is 1.93. The van der Waals surface area contributed by atoms with E-state index in [4.69, 9.17) is 0 Å². The van der Waals surface area contributed by atoms with Crippen LogP contribution in [0.2, 0.25) is 0 Å². The van der Waals surface area contributed by atoms with Gasteiger partial charge in [-0.1, -0.05) is 13.0 Å². The molecule has 2 heterocycles. The second-order valence-corrected chi connectivity index (χ2v) is 4.04. The predicted molar refractivity (Wildman–Crippen MR) is 74.6 cm³/mol. The van der Waals surface area contributed by atoms with Crippen molar-refractivity contribution in [3.05, 3.63) is 48.3 Å². The van der Waals surface area contributed by atoms with Crippen LogP contribution in [-0.4, -0.2) is 16.5 Å². The Kier molecular flexibility index (Phi) is 4.53. The van der Waals surface area contributed by atoms with Gasteiger partial charge in [-0.05, 0) is 36.2 Å². The molecular weight excluding hydrogens is 224 g/mol. The second kappa shape index (κ2) is 6.59. The van der Waals surface area contributed by atoms with E-state index in [0.717, 1.165) is 31.1 Å². The van der Waals surface area contributed by atoms with Crippen molar-refractivity contribution in [3.63, 3.8) is 0 Å². The predicted octanol–water partition coefficient (Wildman–Crippen LogP) is 2.91. The molecule has 0 saturated carbocycles. The van der Waals surface area contributed by atoms with Gasteiger partial charge < -0.3 is 10.6 Å². The highest BCUT2D eigenvalue weighted by molar-refractivity contribution is 5.45. The molecule has 0 aliphatic heterocycles. The quantitative estimate of drug-likeness (QED) is 0.817. The first-order valence-electron chi connectivity index (χ1n) is 6.22. The Morgan fingerprint density at radius 2 is 1.72 bits per heavy atom. The van der Waals surface area contributed by atoms with Gasteiger partial charge in [0.25, 0.3) is 0 Å². The molecule has 18 heavy (non-hydrogen) atoms. The van der Waals surface area contributed by atoms with Gasteiger partial charge in [-0.2, -0.15) is 0 Å². The fourth-order valence-electron chi connectivity index (χ4n) is 1.58. The summed E-state index contributed by atoms with van der Waals surface area (Å²) in [5.74, 6) is 1.80.